The Balaban J connectivity index is 3.67. The van der Waals surface area contributed by atoms with Gasteiger partial charge in [-0.15, -0.1) is 0 Å². The van der Waals surface area contributed by atoms with Crippen molar-refractivity contribution < 1.29 is 0 Å². The van der Waals surface area contributed by atoms with E-state index in [4.69, 9.17) is 0 Å². The zero-order valence-electron chi connectivity index (χ0n) is 13.9. The van der Waals surface area contributed by atoms with E-state index in [0.29, 0.717) is 5.41 Å². The number of rotatable bonds is 12. The molecule has 0 bridgehead atoms. The predicted octanol–water partition coefficient (Wildman–Crippen LogP) is 6.98. The molecule has 0 aliphatic carbocycles. The zero-order valence-corrected chi connectivity index (χ0v) is 13.9. The van der Waals surface area contributed by atoms with Gasteiger partial charge in [-0.2, -0.15) is 0 Å². The molecule has 0 aliphatic heterocycles. The van der Waals surface area contributed by atoms with Crippen LogP contribution < -0.4 is 0 Å². The molecule has 0 spiro atoms. The first-order valence-corrected chi connectivity index (χ1v) is 8.54. The van der Waals surface area contributed by atoms with E-state index in [-0.39, 0.29) is 0 Å². The Morgan fingerprint density at radius 3 is 1.78 bits per heavy atom. The van der Waals surface area contributed by atoms with E-state index < -0.39 is 0 Å². The van der Waals surface area contributed by atoms with Crippen LogP contribution in [0, 0.1) is 11.3 Å². The topological polar surface area (TPSA) is 0 Å². The molecule has 0 aliphatic rings. The highest BCUT2D eigenvalue weighted by Gasteiger charge is 2.24. The minimum Gasteiger partial charge on any atom is -0.0654 e. The van der Waals surface area contributed by atoms with Crippen LogP contribution in [0.4, 0.5) is 0 Å². The fraction of sp³-hybridized carbons (Fsp3) is 1.00. The Kier molecular flexibility index (Phi) is 10.9. The van der Waals surface area contributed by atoms with Crippen molar-refractivity contribution in [1.29, 1.82) is 0 Å². The molecule has 0 saturated carbocycles. The third-order valence-electron chi connectivity index (χ3n) is 4.75. The summed E-state index contributed by atoms with van der Waals surface area (Å²) in [4.78, 5) is 0. The van der Waals surface area contributed by atoms with Crippen LogP contribution in [0.5, 0.6) is 0 Å². The highest BCUT2D eigenvalue weighted by atomic mass is 14.3. The molecule has 1 unspecified atom stereocenters. The van der Waals surface area contributed by atoms with Crippen LogP contribution in [0.15, 0.2) is 0 Å². The summed E-state index contributed by atoms with van der Waals surface area (Å²) in [5, 5.41) is 0. The highest BCUT2D eigenvalue weighted by molar-refractivity contribution is 4.75. The first-order chi connectivity index (χ1) is 8.54. The molecule has 110 valence electrons. The molecule has 0 aromatic rings. The third-order valence-corrected chi connectivity index (χ3v) is 4.75. The smallest absolute Gasteiger partial charge is 0.0329 e. The summed E-state index contributed by atoms with van der Waals surface area (Å²) in [6, 6.07) is 0. The molecule has 0 nitrogen and oxygen atoms in total. The van der Waals surface area contributed by atoms with Gasteiger partial charge in [-0.05, 0) is 17.8 Å². The summed E-state index contributed by atoms with van der Waals surface area (Å²) in [5.74, 6) is 0.889. The van der Waals surface area contributed by atoms with Crippen molar-refractivity contribution in [2.45, 2.75) is 105 Å². The lowest BCUT2D eigenvalue weighted by molar-refractivity contribution is 0.189. The minimum atomic E-state index is 0.554. The average Bonchev–Trinajstić information content (AvgIpc) is 2.34. The lowest BCUT2D eigenvalue weighted by Gasteiger charge is -2.32. The van der Waals surface area contributed by atoms with Crippen LogP contribution >= 0.6 is 0 Å². The lowest BCUT2D eigenvalue weighted by Crippen LogP contribution is -2.21. The Bertz CT molecular complexity index is 169. The second kappa shape index (κ2) is 10.9. The molecule has 0 radical (unpaired) electrons. The second-order valence-corrected chi connectivity index (χ2v) is 6.90. The number of unbranched alkanes of at least 4 members (excludes halogenated alkanes) is 7. The molecule has 0 fully saturated rings. The van der Waals surface area contributed by atoms with Crippen LogP contribution in [-0.2, 0) is 0 Å². The second-order valence-electron chi connectivity index (χ2n) is 6.90. The Hall–Kier alpha value is 0. The monoisotopic (exact) mass is 254 g/mol. The first kappa shape index (κ1) is 18.0. The molecule has 0 aromatic carbocycles. The van der Waals surface area contributed by atoms with E-state index in [1.54, 1.807) is 0 Å². The van der Waals surface area contributed by atoms with Gasteiger partial charge in [0.2, 0.25) is 0 Å². The maximum Gasteiger partial charge on any atom is -0.0329 e. The van der Waals surface area contributed by atoms with Crippen molar-refractivity contribution >= 4 is 0 Å². The van der Waals surface area contributed by atoms with Gasteiger partial charge in [0.1, 0.15) is 0 Å². The summed E-state index contributed by atoms with van der Waals surface area (Å²) in [5.41, 5.74) is 0.554. The number of hydrogen-bond donors (Lipinski definition) is 0. The van der Waals surface area contributed by atoms with Crippen molar-refractivity contribution in [2.24, 2.45) is 11.3 Å². The first-order valence-electron chi connectivity index (χ1n) is 8.54. The van der Waals surface area contributed by atoms with Crippen LogP contribution in [0.25, 0.3) is 0 Å². The van der Waals surface area contributed by atoms with Crippen LogP contribution in [-0.4, -0.2) is 0 Å². The largest absolute Gasteiger partial charge is 0.0654 e. The Morgan fingerprint density at radius 1 is 0.722 bits per heavy atom. The fourth-order valence-corrected chi connectivity index (χ4v) is 2.70. The van der Waals surface area contributed by atoms with Crippen molar-refractivity contribution in [1.82, 2.24) is 0 Å². The van der Waals surface area contributed by atoms with E-state index >= 15 is 0 Å². The van der Waals surface area contributed by atoms with Crippen molar-refractivity contribution in [3.63, 3.8) is 0 Å². The molecule has 0 heteroatoms. The molecule has 1 atom stereocenters. The normalized spacial score (nSPS) is 13.8. The molecule has 0 aromatic heterocycles. The molecule has 18 heavy (non-hydrogen) atoms. The van der Waals surface area contributed by atoms with E-state index in [1.165, 1.54) is 70.6 Å². The van der Waals surface area contributed by atoms with Gasteiger partial charge < -0.3 is 0 Å². The molecule has 0 N–H and O–H groups in total. The summed E-state index contributed by atoms with van der Waals surface area (Å²) in [7, 11) is 0. The predicted molar refractivity (Wildman–Crippen MR) is 85.1 cm³/mol. The molecule has 0 heterocycles. The van der Waals surface area contributed by atoms with Gasteiger partial charge >= 0.3 is 0 Å². The summed E-state index contributed by atoms with van der Waals surface area (Å²) in [6.45, 7) is 12.0. The van der Waals surface area contributed by atoms with Gasteiger partial charge in [0.05, 0.1) is 0 Å². The molecule has 0 rings (SSSR count). The quantitative estimate of drug-likeness (QED) is 0.329. The Morgan fingerprint density at radius 2 is 1.22 bits per heavy atom. The SMILES string of the molecule is CCCCCCCC(C)(C)C(C)CCCCCC. The standard InChI is InChI=1S/C18H38/c1-6-8-10-12-14-16-18(4,5)17(3)15-13-11-9-7-2/h17H,6-16H2,1-5H3. The van der Waals surface area contributed by atoms with Gasteiger partial charge in [0.15, 0.2) is 0 Å². The number of hydrogen-bond acceptors (Lipinski definition) is 0. The highest BCUT2D eigenvalue weighted by Crippen LogP contribution is 2.35. The van der Waals surface area contributed by atoms with Crippen molar-refractivity contribution in [3.05, 3.63) is 0 Å². The van der Waals surface area contributed by atoms with E-state index in [9.17, 15) is 0 Å². The minimum absolute atomic E-state index is 0.554. The summed E-state index contributed by atoms with van der Waals surface area (Å²) >= 11 is 0. The molecule has 0 amide bonds. The Labute approximate surface area is 117 Å². The van der Waals surface area contributed by atoms with E-state index in [0.717, 1.165) is 5.92 Å². The molecular formula is C18H38. The maximum absolute atomic E-state index is 2.48. The van der Waals surface area contributed by atoms with Gasteiger partial charge in [-0.3, -0.25) is 0 Å². The van der Waals surface area contributed by atoms with E-state index in [2.05, 4.69) is 34.6 Å². The van der Waals surface area contributed by atoms with Gasteiger partial charge in [0.25, 0.3) is 0 Å². The molecule has 0 saturated heterocycles. The van der Waals surface area contributed by atoms with Gasteiger partial charge in [0, 0.05) is 0 Å². The lowest BCUT2D eigenvalue weighted by atomic mass is 9.74. The summed E-state index contributed by atoms with van der Waals surface area (Å²) in [6.07, 6.45) is 15.6. The van der Waals surface area contributed by atoms with Gasteiger partial charge in [-0.1, -0.05) is 98.8 Å². The van der Waals surface area contributed by atoms with Crippen molar-refractivity contribution in [2.75, 3.05) is 0 Å². The van der Waals surface area contributed by atoms with Crippen molar-refractivity contribution in [3.8, 4) is 0 Å². The average molecular weight is 255 g/mol. The third kappa shape index (κ3) is 9.00. The summed E-state index contributed by atoms with van der Waals surface area (Å²) < 4.78 is 0. The maximum atomic E-state index is 2.48. The van der Waals surface area contributed by atoms with Gasteiger partial charge in [-0.25, -0.2) is 0 Å². The fourth-order valence-electron chi connectivity index (χ4n) is 2.70. The van der Waals surface area contributed by atoms with Crippen LogP contribution in [0.2, 0.25) is 0 Å². The van der Waals surface area contributed by atoms with Crippen LogP contribution in [0.3, 0.4) is 0 Å². The van der Waals surface area contributed by atoms with Crippen LogP contribution in [0.1, 0.15) is 105 Å². The molecular weight excluding hydrogens is 216 g/mol. The van der Waals surface area contributed by atoms with E-state index in [1.807, 2.05) is 0 Å². The zero-order chi connectivity index (χ0) is 13.9.